The molecule has 0 aliphatic carbocycles. The van der Waals surface area contributed by atoms with Crippen LogP contribution in [0.3, 0.4) is 0 Å². The fourth-order valence-electron chi connectivity index (χ4n) is 5.45. The number of carbonyl (C=O) groups excluding carboxylic acids is 1. The zero-order chi connectivity index (χ0) is 22.2. The number of fused-ring (bicyclic) bond motifs is 2. The number of nitrogens with zero attached hydrogens (tertiary/aromatic N) is 2. The van der Waals surface area contributed by atoms with Crippen LogP contribution >= 0.6 is 0 Å². The molecule has 1 fully saturated rings. The Balaban J connectivity index is 1.25. The number of H-pyrrole nitrogens is 1. The van der Waals surface area contributed by atoms with Crippen molar-refractivity contribution in [3.8, 4) is 0 Å². The minimum atomic E-state index is -0.255. The molecule has 6 heteroatoms. The number of anilines is 2. The Morgan fingerprint density at radius 3 is 2.70 bits per heavy atom. The van der Waals surface area contributed by atoms with Gasteiger partial charge in [-0.3, -0.25) is 9.69 Å². The third-order valence-electron chi connectivity index (χ3n) is 7.12. The van der Waals surface area contributed by atoms with Gasteiger partial charge in [-0.15, -0.1) is 0 Å². The summed E-state index contributed by atoms with van der Waals surface area (Å²) in [5, 5.41) is 4.93. The van der Waals surface area contributed by atoms with Crippen molar-refractivity contribution in [1.82, 2.24) is 9.88 Å². The van der Waals surface area contributed by atoms with Crippen molar-refractivity contribution in [3.05, 3.63) is 84.4 Å². The fraction of sp³-hybridized carbons (Fsp3) is 0.296. The molecule has 0 radical (unpaired) electrons. The summed E-state index contributed by atoms with van der Waals surface area (Å²) in [4.78, 5) is 21.7. The lowest BCUT2D eigenvalue weighted by Crippen LogP contribution is -2.58. The first-order valence-corrected chi connectivity index (χ1v) is 11.8. The minimum Gasteiger partial charge on any atom is -0.461 e. The number of ketones is 1. The van der Waals surface area contributed by atoms with Gasteiger partial charge in [0.05, 0.1) is 12.3 Å². The van der Waals surface area contributed by atoms with Crippen LogP contribution in [0.25, 0.3) is 10.9 Å². The molecular weight excluding hydrogens is 412 g/mol. The zero-order valence-corrected chi connectivity index (χ0v) is 18.5. The number of para-hydroxylation sites is 1. The van der Waals surface area contributed by atoms with Crippen LogP contribution in [0.1, 0.15) is 22.5 Å². The maximum absolute atomic E-state index is 13.6. The highest BCUT2D eigenvalue weighted by Crippen LogP contribution is 2.31. The third-order valence-corrected chi connectivity index (χ3v) is 7.12. The molecular formula is C27H28N4O2. The standard InChI is InChI=1S/C27H28N4O2/c32-27(25-9-4-18-33-25)26(23-11-10-19-5-1-2-6-21(19)29-23)31-16-14-30(15-17-31)24-8-3-7-22-20(24)12-13-28-22/h1-9,12-13,18,23,26,28-29H,10-11,14-17H2. The molecule has 2 aromatic heterocycles. The van der Waals surface area contributed by atoms with Crippen LogP contribution in [0, 0.1) is 0 Å². The highest BCUT2D eigenvalue weighted by atomic mass is 16.3. The molecule has 33 heavy (non-hydrogen) atoms. The molecule has 2 aliphatic rings. The van der Waals surface area contributed by atoms with Crippen LogP contribution < -0.4 is 10.2 Å². The molecule has 168 valence electrons. The van der Waals surface area contributed by atoms with E-state index >= 15 is 0 Å². The lowest BCUT2D eigenvalue weighted by atomic mass is 9.89. The lowest BCUT2D eigenvalue weighted by molar-refractivity contribution is 0.0742. The smallest absolute Gasteiger partial charge is 0.217 e. The largest absolute Gasteiger partial charge is 0.461 e. The van der Waals surface area contributed by atoms with E-state index in [9.17, 15) is 4.79 Å². The summed E-state index contributed by atoms with van der Waals surface area (Å²) in [6.45, 7) is 3.43. The quantitative estimate of drug-likeness (QED) is 0.446. The van der Waals surface area contributed by atoms with Crippen LogP contribution in [-0.2, 0) is 6.42 Å². The predicted molar refractivity (Wildman–Crippen MR) is 131 cm³/mol. The molecule has 0 bridgehead atoms. The van der Waals surface area contributed by atoms with Gasteiger partial charge in [-0.25, -0.2) is 0 Å². The normalized spacial score (nSPS) is 19.8. The highest BCUT2D eigenvalue weighted by molar-refractivity contribution is 5.98. The molecule has 2 aromatic carbocycles. The van der Waals surface area contributed by atoms with Gasteiger partial charge in [0, 0.05) is 60.7 Å². The Morgan fingerprint density at radius 1 is 0.970 bits per heavy atom. The van der Waals surface area contributed by atoms with Crippen LogP contribution in [-0.4, -0.2) is 53.9 Å². The number of carbonyl (C=O) groups is 1. The number of aromatic nitrogens is 1. The monoisotopic (exact) mass is 440 g/mol. The molecule has 4 heterocycles. The van der Waals surface area contributed by atoms with Gasteiger partial charge in [-0.2, -0.15) is 0 Å². The number of furan rings is 1. The third kappa shape index (κ3) is 3.70. The maximum Gasteiger partial charge on any atom is 0.217 e. The average Bonchev–Trinajstić information content (AvgIpc) is 3.57. The first-order valence-electron chi connectivity index (χ1n) is 11.8. The molecule has 0 spiro atoms. The van der Waals surface area contributed by atoms with Crippen molar-refractivity contribution in [1.29, 1.82) is 0 Å². The van der Waals surface area contributed by atoms with Crippen molar-refractivity contribution in [2.24, 2.45) is 0 Å². The van der Waals surface area contributed by atoms with E-state index in [1.54, 1.807) is 18.4 Å². The summed E-state index contributed by atoms with van der Waals surface area (Å²) in [5.74, 6) is 0.512. The van der Waals surface area contributed by atoms with Gasteiger partial charge in [0.1, 0.15) is 0 Å². The number of benzene rings is 2. The number of nitrogens with one attached hydrogen (secondary N) is 2. The van der Waals surface area contributed by atoms with Crippen molar-refractivity contribution in [2.45, 2.75) is 24.9 Å². The summed E-state index contributed by atoms with van der Waals surface area (Å²) in [6.07, 6.45) is 5.49. The van der Waals surface area contributed by atoms with Gasteiger partial charge in [0.25, 0.3) is 0 Å². The summed E-state index contributed by atoms with van der Waals surface area (Å²) in [5.41, 5.74) is 4.88. The second-order valence-electron chi connectivity index (χ2n) is 8.97. The fourth-order valence-corrected chi connectivity index (χ4v) is 5.45. The van der Waals surface area contributed by atoms with Crippen molar-refractivity contribution >= 4 is 28.1 Å². The molecule has 4 aromatic rings. The van der Waals surface area contributed by atoms with Gasteiger partial charge in [-0.05, 0) is 54.8 Å². The summed E-state index contributed by atoms with van der Waals surface area (Å²) >= 11 is 0. The van der Waals surface area contributed by atoms with Crippen LogP contribution in [0.4, 0.5) is 11.4 Å². The second kappa shape index (κ2) is 8.45. The molecule has 2 N–H and O–H groups in total. The lowest BCUT2D eigenvalue weighted by Gasteiger charge is -2.43. The number of Topliss-reactive ketones (excluding diaryl/α,β-unsaturated/α-hetero) is 1. The summed E-state index contributed by atoms with van der Waals surface area (Å²) < 4.78 is 5.54. The van der Waals surface area contributed by atoms with E-state index in [0.717, 1.165) is 50.2 Å². The van der Waals surface area contributed by atoms with Gasteiger partial charge >= 0.3 is 0 Å². The number of rotatable bonds is 5. The second-order valence-corrected chi connectivity index (χ2v) is 8.97. The predicted octanol–water partition coefficient (Wildman–Crippen LogP) is 4.56. The first-order chi connectivity index (χ1) is 16.3. The maximum atomic E-state index is 13.6. The van der Waals surface area contributed by atoms with E-state index < -0.39 is 0 Å². The molecule has 1 saturated heterocycles. The first kappa shape index (κ1) is 20.1. The average molecular weight is 441 g/mol. The van der Waals surface area contributed by atoms with Gasteiger partial charge in [-0.1, -0.05) is 24.3 Å². The van der Waals surface area contributed by atoms with E-state index in [2.05, 4.69) is 68.6 Å². The molecule has 0 saturated carbocycles. The molecule has 6 nitrogen and oxygen atoms in total. The highest BCUT2D eigenvalue weighted by Gasteiger charge is 2.38. The van der Waals surface area contributed by atoms with E-state index in [1.807, 2.05) is 6.20 Å². The van der Waals surface area contributed by atoms with Crippen LogP contribution in [0.15, 0.2) is 77.5 Å². The van der Waals surface area contributed by atoms with E-state index in [-0.39, 0.29) is 17.9 Å². The van der Waals surface area contributed by atoms with Crippen molar-refractivity contribution < 1.29 is 9.21 Å². The van der Waals surface area contributed by atoms with Gasteiger partial charge in [0.2, 0.25) is 5.78 Å². The van der Waals surface area contributed by atoms with Gasteiger partial charge in [0.15, 0.2) is 5.76 Å². The Hall–Kier alpha value is -3.51. The summed E-state index contributed by atoms with van der Waals surface area (Å²) in [6, 6.07) is 20.3. The van der Waals surface area contributed by atoms with Crippen molar-refractivity contribution in [2.75, 3.05) is 36.4 Å². The SMILES string of the molecule is O=C(c1ccco1)C(C1CCc2ccccc2N1)N1CCN(c2cccc3[nH]ccc23)CC1. The Bertz CT molecular complexity index is 1250. The van der Waals surface area contributed by atoms with E-state index in [0.29, 0.717) is 5.76 Å². The minimum absolute atomic E-state index is 0.0529. The molecule has 6 rings (SSSR count). The molecule has 2 atom stereocenters. The number of aromatic amines is 1. The van der Waals surface area contributed by atoms with Crippen molar-refractivity contribution in [3.63, 3.8) is 0 Å². The Morgan fingerprint density at radius 2 is 1.85 bits per heavy atom. The Kier molecular flexibility index (Phi) is 5.15. The van der Waals surface area contributed by atoms with E-state index in [1.165, 1.54) is 16.6 Å². The van der Waals surface area contributed by atoms with Crippen LogP contribution in [0.5, 0.6) is 0 Å². The van der Waals surface area contributed by atoms with Gasteiger partial charge < -0.3 is 19.6 Å². The zero-order valence-electron chi connectivity index (χ0n) is 18.5. The Labute approximate surface area is 193 Å². The number of hydrogen-bond donors (Lipinski definition) is 2. The van der Waals surface area contributed by atoms with Crippen LogP contribution in [0.2, 0.25) is 0 Å². The molecule has 2 aliphatic heterocycles. The molecule has 0 amide bonds. The summed E-state index contributed by atoms with van der Waals surface area (Å²) in [7, 11) is 0. The number of piperazine rings is 1. The number of aryl methyl sites for hydroxylation is 1. The molecule has 2 unspecified atom stereocenters. The topological polar surface area (TPSA) is 64.5 Å². The number of hydrogen-bond acceptors (Lipinski definition) is 5. The van der Waals surface area contributed by atoms with E-state index in [4.69, 9.17) is 4.42 Å².